The van der Waals surface area contributed by atoms with Crippen LogP contribution in [0.2, 0.25) is 0 Å². The van der Waals surface area contributed by atoms with Crippen molar-refractivity contribution in [1.29, 1.82) is 0 Å². The van der Waals surface area contributed by atoms with E-state index < -0.39 is 0 Å². The molecule has 2 N–H and O–H groups in total. The van der Waals surface area contributed by atoms with Gasteiger partial charge in [-0.2, -0.15) is 0 Å². The van der Waals surface area contributed by atoms with Gasteiger partial charge in [-0.15, -0.1) is 0 Å². The Labute approximate surface area is 160 Å². The molecule has 0 bridgehead atoms. The molecule has 0 saturated carbocycles. The van der Waals surface area contributed by atoms with Crippen LogP contribution in [-0.2, 0) is 20.7 Å². The summed E-state index contributed by atoms with van der Waals surface area (Å²) in [6.07, 6.45) is 3.50. The third-order valence-electron chi connectivity index (χ3n) is 6.32. The molecule has 0 radical (unpaired) electrons. The number of hydrogen-bond acceptors (Lipinski definition) is 4. The zero-order valence-corrected chi connectivity index (χ0v) is 15.8. The van der Waals surface area contributed by atoms with Gasteiger partial charge in [0.25, 0.3) is 5.91 Å². The molecule has 3 heterocycles. The zero-order chi connectivity index (χ0) is 18.8. The number of likely N-dealkylation sites (tertiary alicyclic amines) is 2. The molecule has 0 spiro atoms. The fourth-order valence-corrected chi connectivity index (χ4v) is 5.04. The van der Waals surface area contributed by atoms with Gasteiger partial charge >= 0.3 is 0 Å². The largest absolute Gasteiger partial charge is 0.368 e. The molecular weight excluding hydrogens is 342 g/mol. The second-order valence-corrected chi connectivity index (χ2v) is 8.10. The lowest BCUT2D eigenvalue weighted by atomic mass is 9.94. The molecule has 4 rings (SSSR count). The first kappa shape index (κ1) is 18.4. The molecule has 6 heteroatoms. The molecule has 0 aliphatic carbocycles. The molecule has 2 amide bonds. The van der Waals surface area contributed by atoms with Gasteiger partial charge in [0, 0.05) is 32.2 Å². The highest BCUT2D eigenvalue weighted by Crippen LogP contribution is 2.37. The van der Waals surface area contributed by atoms with Crippen molar-refractivity contribution in [2.24, 2.45) is 17.6 Å². The first-order valence-electron chi connectivity index (χ1n) is 10.1. The number of hydrogen-bond donors (Lipinski definition) is 1. The lowest BCUT2D eigenvalue weighted by Gasteiger charge is -2.28. The molecule has 4 atom stereocenters. The first-order chi connectivity index (χ1) is 13.1. The van der Waals surface area contributed by atoms with Crippen LogP contribution in [0.25, 0.3) is 0 Å². The monoisotopic (exact) mass is 371 g/mol. The molecule has 1 aromatic rings. The molecule has 6 nitrogen and oxygen atoms in total. The molecule has 3 saturated heterocycles. The van der Waals surface area contributed by atoms with Crippen molar-refractivity contribution in [2.45, 2.75) is 37.8 Å². The summed E-state index contributed by atoms with van der Waals surface area (Å²) >= 11 is 0. The lowest BCUT2D eigenvalue weighted by Crippen LogP contribution is -2.47. The van der Waals surface area contributed by atoms with E-state index in [-0.39, 0.29) is 29.9 Å². The maximum atomic E-state index is 12.6. The molecule has 3 unspecified atom stereocenters. The standard InChI is InChI=1S/C21H29N3O3/c22-20(25)19-17-14-24(21(26)18-9-5-11-27-18)13-16(17)12-23(19)10-4-8-15-6-2-1-3-7-15/h1-3,6-7,16-19H,4-5,8-14H2,(H2,22,25)/t16?,17?,18-,19?/m0/s1. The summed E-state index contributed by atoms with van der Waals surface area (Å²) in [4.78, 5) is 29.0. The predicted octanol–water partition coefficient (Wildman–Crippen LogP) is 1.04. The van der Waals surface area contributed by atoms with Crippen molar-refractivity contribution in [3.8, 4) is 0 Å². The van der Waals surface area contributed by atoms with E-state index in [0.29, 0.717) is 19.1 Å². The predicted molar refractivity (Wildman–Crippen MR) is 102 cm³/mol. The van der Waals surface area contributed by atoms with Crippen LogP contribution >= 0.6 is 0 Å². The Morgan fingerprint density at radius 2 is 1.96 bits per heavy atom. The van der Waals surface area contributed by atoms with E-state index >= 15 is 0 Å². The summed E-state index contributed by atoms with van der Waals surface area (Å²) in [6, 6.07) is 10.2. The smallest absolute Gasteiger partial charge is 0.251 e. The van der Waals surface area contributed by atoms with Crippen molar-refractivity contribution in [3.63, 3.8) is 0 Å². The third-order valence-corrected chi connectivity index (χ3v) is 6.32. The third kappa shape index (κ3) is 3.87. The van der Waals surface area contributed by atoms with Gasteiger partial charge in [0.1, 0.15) is 6.10 Å². The number of nitrogens with two attached hydrogens (primary N) is 1. The van der Waals surface area contributed by atoms with E-state index in [1.54, 1.807) is 0 Å². The van der Waals surface area contributed by atoms with Crippen LogP contribution in [-0.4, -0.2) is 66.5 Å². The van der Waals surface area contributed by atoms with Gasteiger partial charge < -0.3 is 15.4 Å². The van der Waals surface area contributed by atoms with Crippen LogP contribution in [0.4, 0.5) is 0 Å². The number of aryl methyl sites for hydroxylation is 1. The molecule has 27 heavy (non-hydrogen) atoms. The normalized spacial score (nSPS) is 30.6. The van der Waals surface area contributed by atoms with Crippen molar-refractivity contribution < 1.29 is 14.3 Å². The van der Waals surface area contributed by atoms with Crippen molar-refractivity contribution in [2.75, 3.05) is 32.8 Å². The summed E-state index contributed by atoms with van der Waals surface area (Å²) in [7, 11) is 0. The number of amides is 2. The van der Waals surface area contributed by atoms with E-state index in [1.807, 2.05) is 11.0 Å². The minimum Gasteiger partial charge on any atom is -0.368 e. The molecule has 146 valence electrons. The van der Waals surface area contributed by atoms with E-state index in [1.165, 1.54) is 5.56 Å². The van der Waals surface area contributed by atoms with Crippen molar-refractivity contribution >= 4 is 11.8 Å². The summed E-state index contributed by atoms with van der Waals surface area (Å²) < 4.78 is 5.55. The quantitative estimate of drug-likeness (QED) is 0.811. The van der Waals surface area contributed by atoms with E-state index in [4.69, 9.17) is 10.5 Å². The summed E-state index contributed by atoms with van der Waals surface area (Å²) in [5.41, 5.74) is 7.08. The van der Waals surface area contributed by atoms with Crippen LogP contribution in [0, 0.1) is 11.8 Å². The molecule has 3 fully saturated rings. The van der Waals surface area contributed by atoms with Crippen molar-refractivity contribution in [1.82, 2.24) is 9.80 Å². The topological polar surface area (TPSA) is 75.9 Å². The van der Waals surface area contributed by atoms with Gasteiger partial charge in [0.2, 0.25) is 5.91 Å². The van der Waals surface area contributed by atoms with E-state index in [2.05, 4.69) is 29.2 Å². The Morgan fingerprint density at radius 1 is 1.15 bits per heavy atom. The molecule has 3 aliphatic rings. The number of benzene rings is 1. The van der Waals surface area contributed by atoms with Gasteiger partial charge in [0.05, 0.1) is 6.04 Å². The maximum absolute atomic E-state index is 12.6. The highest BCUT2D eigenvalue weighted by Gasteiger charge is 2.50. The van der Waals surface area contributed by atoms with Crippen LogP contribution in [0.5, 0.6) is 0 Å². The SMILES string of the molecule is NC(=O)C1C2CN(C(=O)[C@@H]3CCCO3)CC2CN1CCCc1ccccc1. The Bertz CT molecular complexity index is 675. The van der Waals surface area contributed by atoms with Gasteiger partial charge in [-0.25, -0.2) is 0 Å². The second-order valence-electron chi connectivity index (χ2n) is 8.10. The Balaban J connectivity index is 1.34. The number of rotatable bonds is 6. The van der Waals surface area contributed by atoms with Crippen LogP contribution in [0.15, 0.2) is 30.3 Å². The summed E-state index contributed by atoms with van der Waals surface area (Å²) in [6.45, 7) is 3.75. The molecular formula is C21H29N3O3. The first-order valence-corrected chi connectivity index (χ1v) is 10.1. The van der Waals surface area contributed by atoms with Crippen molar-refractivity contribution in [3.05, 3.63) is 35.9 Å². The maximum Gasteiger partial charge on any atom is 0.251 e. The highest BCUT2D eigenvalue weighted by molar-refractivity contribution is 5.83. The molecule has 3 aliphatic heterocycles. The van der Waals surface area contributed by atoms with Gasteiger partial charge in [-0.05, 0) is 43.7 Å². The minimum atomic E-state index is -0.280. The number of carbonyl (C=O) groups is 2. The van der Waals surface area contributed by atoms with Crippen LogP contribution < -0.4 is 5.73 Å². The fourth-order valence-electron chi connectivity index (χ4n) is 5.04. The van der Waals surface area contributed by atoms with E-state index in [0.717, 1.165) is 45.3 Å². The Kier molecular flexibility index (Phi) is 5.45. The molecule has 1 aromatic carbocycles. The summed E-state index contributed by atoms with van der Waals surface area (Å²) in [5.74, 6) is 0.337. The van der Waals surface area contributed by atoms with Gasteiger partial charge in [0.15, 0.2) is 0 Å². The summed E-state index contributed by atoms with van der Waals surface area (Å²) in [5, 5.41) is 0. The number of fused-ring (bicyclic) bond motifs is 1. The minimum absolute atomic E-state index is 0.0979. The average Bonchev–Trinajstić information content (AvgIpc) is 3.37. The van der Waals surface area contributed by atoms with Gasteiger partial charge in [-0.3, -0.25) is 14.5 Å². The highest BCUT2D eigenvalue weighted by atomic mass is 16.5. The number of nitrogens with zero attached hydrogens (tertiary/aromatic N) is 2. The Hall–Kier alpha value is -1.92. The number of ether oxygens (including phenoxy) is 1. The van der Waals surface area contributed by atoms with Crippen LogP contribution in [0.3, 0.4) is 0 Å². The fraction of sp³-hybridized carbons (Fsp3) is 0.619. The second kappa shape index (κ2) is 7.98. The Morgan fingerprint density at radius 3 is 2.67 bits per heavy atom. The number of primary amides is 1. The van der Waals surface area contributed by atoms with Gasteiger partial charge in [-0.1, -0.05) is 30.3 Å². The molecule has 0 aromatic heterocycles. The average molecular weight is 371 g/mol. The lowest BCUT2D eigenvalue weighted by molar-refractivity contribution is -0.140. The van der Waals surface area contributed by atoms with E-state index in [9.17, 15) is 9.59 Å². The number of carbonyl (C=O) groups excluding carboxylic acids is 2. The van der Waals surface area contributed by atoms with Crippen LogP contribution in [0.1, 0.15) is 24.8 Å². The zero-order valence-electron chi connectivity index (χ0n) is 15.8.